The summed E-state index contributed by atoms with van der Waals surface area (Å²) in [5.74, 6) is 0.883. The zero-order valence-electron chi connectivity index (χ0n) is 12.6. The van der Waals surface area contributed by atoms with E-state index in [1.807, 2.05) is 4.90 Å². The van der Waals surface area contributed by atoms with Gasteiger partial charge in [-0.2, -0.15) is 0 Å². The van der Waals surface area contributed by atoms with Crippen LogP contribution in [-0.4, -0.2) is 35.3 Å². The van der Waals surface area contributed by atoms with E-state index in [9.17, 15) is 4.79 Å². The van der Waals surface area contributed by atoms with Gasteiger partial charge in [-0.1, -0.05) is 19.0 Å². The molecule has 0 radical (unpaired) electrons. The number of carbonyl (C=O) groups excluding carboxylic acids is 1. The summed E-state index contributed by atoms with van der Waals surface area (Å²) in [6.07, 6.45) is 4.00. The normalized spacial score (nSPS) is 24.7. The third-order valence-corrected chi connectivity index (χ3v) is 3.47. The molecule has 1 fully saturated rings. The zero-order valence-corrected chi connectivity index (χ0v) is 12.6. The van der Waals surface area contributed by atoms with Crippen LogP contribution in [0.1, 0.15) is 53.4 Å². The topological polar surface area (TPSA) is 67.9 Å². The van der Waals surface area contributed by atoms with E-state index in [4.69, 9.17) is 10.6 Å². The molecule has 1 heterocycles. The zero-order chi connectivity index (χ0) is 14.4. The van der Waals surface area contributed by atoms with Crippen molar-refractivity contribution < 1.29 is 9.63 Å². The summed E-state index contributed by atoms with van der Waals surface area (Å²) < 4.78 is 0. The highest BCUT2D eigenvalue weighted by atomic mass is 16.6. The molecule has 0 spiro atoms. The number of nitrogens with zero attached hydrogens (tertiary/aromatic N) is 2. The first-order chi connectivity index (χ1) is 8.91. The first-order valence-electron chi connectivity index (χ1n) is 7.17. The van der Waals surface area contributed by atoms with Gasteiger partial charge >= 0.3 is 0 Å². The maximum Gasteiger partial charge on any atom is 0.263 e. The van der Waals surface area contributed by atoms with Gasteiger partial charge in [-0.05, 0) is 39.0 Å². The average Bonchev–Trinajstić information content (AvgIpc) is 2.27. The fourth-order valence-electron chi connectivity index (χ4n) is 2.61. The van der Waals surface area contributed by atoms with Crippen LogP contribution in [0.2, 0.25) is 0 Å². The van der Waals surface area contributed by atoms with Gasteiger partial charge in [-0.3, -0.25) is 4.79 Å². The van der Waals surface area contributed by atoms with E-state index in [0.29, 0.717) is 18.2 Å². The Morgan fingerprint density at radius 1 is 1.37 bits per heavy atom. The molecular formula is C14H27N3O2. The highest BCUT2D eigenvalue weighted by Crippen LogP contribution is 2.22. The number of rotatable bonds is 5. The molecule has 0 aliphatic carbocycles. The van der Waals surface area contributed by atoms with Gasteiger partial charge in [0.1, 0.15) is 5.84 Å². The number of oxime groups is 1. The lowest BCUT2D eigenvalue weighted by molar-refractivity contribution is -0.142. The van der Waals surface area contributed by atoms with Crippen molar-refractivity contribution in [3.63, 3.8) is 0 Å². The predicted molar refractivity (Wildman–Crippen MR) is 76.7 cm³/mol. The molecule has 0 aromatic rings. The molecule has 0 unspecified atom stereocenters. The van der Waals surface area contributed by atoms with Crippen LogP contribution in [0.25, 0.3) is 0 Å². The summed E-state index contributed by atoms with van der Waals surface area (Å²) in [6, 6.07) is 0.577. The minimum atomic E-state index is -0.0204. The van der Waals surface area contributed by atoms with E-state index in [-0.39, 0.29) is 24.6 Å². The molecule has 1 rings (SSSR count). The molecule has 0 aromatic heterocycles. The standard InChI is InChI=1S/C14H27N3O2/c1-10(2)8-13(15)16-19-9-14(18)17-11(3)6-5-7-12(17)4/h10-12H,5-9H2,1-4H3,(H2,15,16)/t11-,12-/m1/s1. The molecule has 5 nitrogen and oxygen atoms in total. The first kappa shape index (κ1) is 15.8. The monoisotopic (exact) mass is 269 g/mol. The number of carbonyl (C=O) groups is 1. The third-order valence-electron chi connectivity index (χ3n) is 3.47. The molecule has 1 saturated heterocycles. The maximum atomic E-state index is 12.1. The molecule has 1 aliphatic rings. The molecule has 2 atom stereocenters. The van der Waals surface area contributed by atoms with Gasteiger partial charge in [-0.25, -0.2) is 0 Å². The quantitative estimate of drug-likeness (QED) is 0.472. The minimum Gasteiger partial charge on any atom is -0.384 e. The summed E-state index contributed by atoms with van der Waals surface area (Å²) in [4.78, 5) is 19.1. The van der Waals surface area contributed by atoms with Crippen LogP contribution in [0.5, 0.6) is 0 Å². The van der Waals surface area contributed by atoms with Crippen molar-refractivity contribution in [3.05, 3.63) is 0 Å². The number of amidine groups is 1. The van der Waals surface area contributed by atoms with Crippen LogP contribution in [-0.2, 0) is 9.63 Å². The lowest BCUT2D eigenvalue weighted by Gasteiger charge is -2.38. The summed E-state index contributed by atoms with van der Waals surface area (Å²) in [5, 5.41) is 3.80. The van der Waals surface area contributed by atoms with Gasteiger partial charge in [0, 0.05) is 18.5 Å². The average molecular weight is 269 g/mol. The first-order valence-corrected chi connectivity index (χ1v) is 7.17. The van der Waals surface area contributed by atoms with Gasteiger partial charge in [0.25, 0.3) is 5.91 Å². The Morgan fingerprint density at radius 2 is 1.95 bits per heavy atom. The number of hydrogen-bond acceptors (Lipinski definition) is 3. The van der Waals surface area contributed by atoms with Crippen LogP contribution < -0.4 is 5.73 Å². The van der Waals surface area contributed by atoms with Crippen LogP contribution in [0.15, 0.2) is 5.16 Å². The molecule has 19 heavy (non-hydrogen) atoms. The van der Waals surface area contributed by atoms with Crippen molar-refractivity contribution in [2.24, 2.45) is 16.8 Å². The van der Waals surface area contributed by atoms with Crippen molar-refractivity contribution in [1.29, 1.82) is 0 Å². The van der Waals surface area contributed by atoms with Crippen molar-refractivity contribution in [1.82, 2.24) is 4.90 Å². The van der Waals surface area contributed by atoms with E-state index < -0.39 is 0 Å². The molecule has 0 bridgehead atoms. The van der Waals surface area contributed by atoms with Crippen LogP contribution >= 0.6 is 0 Å². The molecule has 5 heteroatoms. The second-order valence-electron chi connectivity index (χ2n) is 5.88. The van der Waals surface area contributed by atoms with E-state index in [1.54, 1.807) is 0 Å². The second-order valence-corrected chi connectivity index (χ2v) is 5.88. The Bertz CT molecular complexity index is 319. The predicted octanol–water partition coefficient (Wildman–Crippen LogP) is 2.11. The summed E-state index contributed by atoms with van der Waals surface area (Å²) in [6.45, 7) is 8.27. The van der Waals surface area contributed by atoms with Crippen LogP contribution in [0.3, 0.4) is 0 Å². The van der Waals surface area contributed by atoms with Gasteiger partial charge in [-0.15, -0.1) is 0 Å². The van der Waals surface area contributed by atoms with Gasteiger partial charge in [0.15, 0.2) is 6.61 Å². The second kappa shape index (κ2) is 7.36. The number of hydrogen-bond donors (Lipinski definition) is 1. The Hall–Kier alpha value is -1.26. The Kier molecular flexibility index (Phi) is 6.12. The molecule has 1 aliphatic heterocycles. The van der Waals surface area contributed by atoms with Crippen molar-refractivity contribution in [3.8, 4) is 0 Å². The van der Waals surface area contributed by atoms with Crippen molar-refractivity contribution in [2.45, 2.75) is 65.5 Å². The highest BCUT2D eigenvalue weighted by molar-refractivity contribution is 5.80. The lowest BCUT2D eigenvalue weighted by atomic mass is 9.97. The van der Waals surface area contributed by atoms with E-state index in [0.717, 1.165) is 12.8 Å². The fourth-order valence-corrected chi connectivity index (χ4v) is 2.61. The summed E-state index contributed by atoms with van der Waals surface area (Å²) in [7, 11) is 0. The number of amides is 1. The third kappa shape index (κ3) is 5.09. The maximum absolute atomic E-state index is 12.1. The Labute approximate surface area is 116 Å². The molecule has 110 valence electrons. The SMILES string of the molecule is CC(C)C/C(N)=N\OCC(=O)N1[C@H](C)CCC[C@H]1C. The fraction of sp³-hybridized carbons (Fsp3) is 0.857. The number of nitrogens with two attached hydrogens (primary N) is 1. The molecule has 0 saturated carbocycles. The lowest BCUT2D eigenvalue weighted by Crippen LogP contribution is -2.48. The van der Waals surface area contributed by atoms with E-state index in [2.05, 4.69) is 32.9 Å². The summed E-state index contributed by atoms with van der Waals surface area (Å²) >= 11 is 0. The van der Waals surface area contributed by atoms with E-state index in [1.165, 1.54) is 6.42 Å². The smallest absolute Gasteiger partial charge is 0.263 e. The van der Waals surface area contributed by atoms with Crippen LogP contribution in [0.4, 0.5) is 0 Å². The molecule has 2 N–H and O–H groups in total. The largest absolute Gasteiger partial charge is 0.384 e. The highest BCUT2D eigenvalue weighted by Gasteiger charge is 2.28. The van der Waals surface area contributed by atoms with E-state index >= 15 is 0 Å². The van der Waals surface area contributed by atoms with Crippen molar-refractivity contribution >= 4 is 11.7 Å². The summed E-state index contributed by atoms with van der Waals surface area (Å²) in [5.41, 5.74) is 5.69. The van der Waals surface area contributed by atoms with Crippen molar-refractivity contribution in [2.75, 3.05) is 6.61 Å². The minimum absolute atomic E-state index is 0.000738. The molecule has 1 amide bonds. The van der Waals surface area contributed by atoms with Crippen LogP contribution in [0, 0.1) is 5.92 Å². The molecular weight excluding hydrogens is 242 g/mol. The van der Waals surface area contributed by atoms with Gasteiger partial charge in [0.05, 0.1) is 0 Å². The number of piperidine rings is 1. The van der Waals surface area contributed by atoms with Gasteiger partial charge < -0.3 is 15.5 Å². The number of likely N-dealkylation sites (tertiary alicyclic amines) is 1. The Morgan fingerprint density at radius 3 is 2.47 bits per heavy atom. The van der Waals surface area contributed by atoms with Gasteiger partial charge in [0.2, 0.25) is 0 Å². The Balaban J connectivity index is 2.42. The molecule has 0 aromatic carbocycles.